The summed E-state index contributed by atoms with van der Waals surface area (Å²) in [6, 6.07) is 13.0. The quantitative estimate of drug-likeness (QED) is 0.815. The van der Waals surface area contributed by atoms with E-state index in [-0.39, 0.29) is 0 Å². The molecule has 17 heavy (non-hydrogen) atoms. The van der Waals surface area contributed by atoms with E-state index < -0.39 is 0 Å². The van der Waals surface area contributed by atoms with Crippen LogP contribution in [0.25, 0.3) is 0 Å². The molecule has 2 aromatic carbocycles. The highest BCUT2D eigenvalue weighted by Gasteiger charge is 2.01. The number of anilines is 3. The summed E-state index contributed by atoms with van der Waals surface area (Å²) in [6.45, 7) is 0. The molecule has 0 amide bonds. The van der Waals surface area contributed by atoms with E-state index >= 15 is 0 Å². The summed E-state index contributed by atoms with van der Waals surface area (Å²) in [5.74, 6) is 0.794. The second-order valence-electron chi connectivity index (χ2n) is 3.59. The molecule has 0 unspecified atom stereocenters. The van der Waals surface area contributed by atoms with Crippen molar-refractivity contribution in [1.29, 1.82) is 0 Å². The predicted octanol–water partition coefficient (Wildman–Crippen LogP) is 3.67. The second-order valence-corrected chi connectivity index (χ2v) is 4.02. The van der Waals surface area contributed by atoms with Crippen molar-refractivity contribution in [3.8, 4) is 5.75 Å². The van der Waals surface area contributed by atoms with E-state index in [1.807, 2.05) is 30.3 Å². The first-order valence-electron chi connectivity index (χ1n) is 5.15. The van der Waals surface area contributed by atoms with Gasteiger partial charge in [0.2, 0.25) is 0 Å². The maximum absolute atomic E-state index is 5.86. The minimum absolute atomic E-state index is 0.611. The Kier molecular flexibility index (Phi) is 3.40. The van der Waals surface area contributed by atoms with Crippen LogP contribution >= 0.6 is 11.6 Å². The summed E-state index contributed by atoms with van der Waals surface area (Å²) < 4.78 is 5.15. The Labute approximate surface area is 105 Å². The molecular weight excluding hydrogens is 236 g/mol. The highest BCUT2D eigenvalue weighted by molar-refractivity contribution is 6.31. The SMILES string of the molecule is COc1cccc(Nc2ccc(Cl)cc2N)c1. The molecule has 3 nitrogen and oxygen atoms in total. The van der Waals surface area contributed by atoms with Gasteiger partial charge in [-0.05, 0) is 30.3 Å². The van der Waals surface area contributed by atoms with E-state index in [1.165, 1.54) is 0 Å². The number of methoxy groups -OCH3 is 1. The number of hydrogen-bond acceptors (Lipinski definition) is 3. The van der Waals surface area contributed by atoms with E-state index in [0.29, 0.717) is 10.7 Å². The zero-order valence-corrected chi connectivity index (χ0v) is 10.2. The van der Waals surface area contributed by atoms with Crippen LogP contribution in [0.15, 0.2) is 42.5 Å². The third-order valence-corrected chi connectivity index (χ3v) is 2.60. The molecule has 88 valence electrons. The molecule has 0 saturated heterocycles. The Morgan fingerprint density at radius 1 is 1.18 bits per heavy atom. The summed E-state index contributed by atoms with van der Waals surface area (Å²) >= 11 is 5.84. The average Bonchev–Trinajstić information content (AvgIpc) is 2.33. The fourth-order valence-corrected chi connectivity index (χ4v) is 1.68. The van der Waals surface area contributed by atoms with Gasteiger partial charge >= 0.3 is 0 Å². The predicted molar refractivity (Wildman–Crippen MR) is 72.1 cm³/mol. The standard InChI is InChI=1S/C13H13ClN2O/c1-17-11-4-2-3-10(8-11)16-13-6-5-9(14)7-12(13)15/h2-8,16H,15H2,1H3. The minimum atomic E-state index is 0.611. The fraction of sp³-hybridized carbons (Fsp3) is 0.0769. The van der Waals surface area contributed by atoms with Gasteiger partial charge in [-0.15, -0.1) is 0 Å². The fourth-order valence-electron chi connectivity index (χ4n) is 1.50. The van der Waals surface area contributed by atoms with Gasteiger partial charge in [0.25, 0.3) is 0 Å². The molecule has 0 spiro atoms. The maximum Gasteiger partial charge on any atom is 0.120 e. The molecule has 0 aliphatic carbocycles. The van der Waals surface area contributed by atoms with Crippen molar-refractivity contribution in [2.24, 2.45) is 0 Å². The van der Waals surface area contributed by atoms with Crippen molar-refractivity contribution in [1.82, 2.24) is 0 Å². The molecule has 0 fully saturated rings. The number of benzene rings is 2. The topological polar surface area (TPSA) is 47.3 Å². The number of ether oxygens (including phenoxy) is 1. The smallest absolute Gasteiger partial charge is 0.120 e. The van der Waals surface area contributed by atoms with Crippen molar-refractivity contribution in [2.75, 3.05) is 18.2 Å². The van der Waals surface area contributed by atoms with Gasteiger partial charge in [-0.3, -0.25) is 0 Å². The normalized spacial score (nSPS) is 10.0. The van der Waals surface area contributed by atoms with E-state index in [1.54, 1.807) is 19.2 Å². The third-order valence-electron chi connectivity index (χ3n) is 2.36. The maximum atomic E-state index is 5.86. The Hall–Kier alpha value is -1.87. The van der Waals surface area contributed by atoms with Crippen molar-refractivity contribution in [3.05, 3.63) is 47.5 Å². The molecule has 0 aliphatic rings. The van der Waals surface area contributed by atoms with E-state index in [4.69, 9.17) is 22.1 Å². The monoisotopic (exact) mass is 248 g/mol. The van der Waals surface area contributed by atoms with Gasteiger partial charge in [0, 0.05) is 16.8 Å². The van der Waals surface area contributed by atoms with Gasteiger partial charge < -0.3 is 15.8 Å². The molecule has 2 rings (SSSR count). The van der Waals surface area contributed by atoms with Crippen LogP contribution in [0.4, 0.5) is 17.1 Å². The lowest BCUT2D eigenvalue weighted by molar-refractivity contribution is 0.415. The lowest BCUT2D eigenvalue weighted by Crippen LogP contribution is -1.96. The molecule has 0 radical (unpaired) electrons. The molecule has 2 aromatic rings. The number of nitrogens with one attached hydrogen (secondary N) is 1. The van der Waals surface area contributed by atoms with Crippen LogP contribution in [-0.4, -0.2) is 7.11 Å². The number of nitrogens with two attached hydrogens (primary N) is 1. The summed E-state index contributed by atoms with van der Waals surface area (Å²) in [7, 11) is 1.63. The van der Waals surface area contributed by atoms with E-state index in [0.717, 1.165) is 17.1 Å². The van der Waals surface area contributed by atoms with Crippen LogP contribution in [0.2, 0.25) is 5.02 Å². The summed E-state index contributed by atoms with van der Waals surface area (Å²) in [5.41, 5.74) is 8.21. The Morgan fingerprint density at radius 3 is 2.71 bits per heavy atom. The molecule has 0 heterocycles. The van der Waals surface area contributed by atoms with Crippen LogP contribution in [-0.2, 0) is 0 Å². The molecule has 0 aromatic heterocycles. The first-order chi connectivity index (χ1) is 8.19. The molecule has 0 saturated carbocycles. The Morgan fingerprint density at radius 2 is 2.00 bits per heavy atom. The number of rotatable bonds is 3. The summed E-state index contributed by atoms with van der Waals surface area (Å²) in [5, 5.41) is 3.83. The van der Waals surface area contributed by atoms with Crippen LogP contribution < -0.4 is 15.8 Å². The Bertz CT molecular complexity index is 529. The van der Waals surface area contributed by atoms with Crippen LogP contribution in [0.1, 0.15) is 0 Å². The second kappa shape index (κ2) is 4.97. The minimum Gasteiger partial charge on any atom is -0.497 e. The molecule has 0 atom stereocenters. The number of hydrogen-bond donors (Lipinski definition) is 2. The van der Waals surface area contributed by atoms with Gasteiger partial charge in [-0.25, -0.2) is 0 Å². The average molecular weight is 249 g/mol. The summed E-state index contributed by atoms with van der Waals surface area (Å²) in [4.78, 5) is 0. The number of nitrogen functional groups attached to an aromatic ring is 1. The highest BCUT2D eigenvalue weighted by atomic mass is 35.5. The van der Waals surface area contributed by atoms with Gasteiger partial charge in [0.15, 0.2) is 0 Å². The number of halogens is 1. The zero-order chi connectivity index (χ0) is 12.3. The Balaban J connectivity index is 2.25. The molecule has 3 N–H and O–H groups in total. The lowest BCUT2D eigenvalue weighted by Gasteiger charge is -2.10. The highest BCUT2D eigenvalue weighted by Crippen LogP contribution is 2.27. The van der Waals surface area contributed by atoms with Crippen molar-refractivity contribution >= 4 is 28.7 Å². The van der Waals surface area contributed by atoms with Crippen molar-refractivity contribution in [3.63, 3.8) is 0 Å². The van der Waals surface area contributed by atoms with Crippen LogP contribution in [0.5, 0.6) is 5.75 Å². The molecule has 4 heteroatoms. The van der Waals surface area contributed by atoms with Gasteiger partial charge in [-0.2, -0.15) is 0 Å². The first kappa shape index (κ1) is 11.6. The van der Waals surface area contributed by atoms with Crippen LogP contribution in [0, 0.1) is 0 Å². The van der Waals surface area contributed by atoms with Crippen molar-refractivity contribution < 1.29 is 4.74 Å². The summed E-state index contributed by atoms with van der Waals surface area (Å²) in [6.07, 6.45) is 0. The van der Waals surface area contributed by atoms with Crippen LogP contribution in [0.3, 0.4) is 0 Å². The van der Waals surface area contributed by atoms with E-state index in [2.05, 4.69) is 5.32 Å². The van der Waals surface area contributed by atoms with Crippen molar-refractivity contribution in [2.45, 2.75) is 0 Å². The molecular formula is C13H13ClN2O. The first-order valence-corrected chi connectivity index (χ1v) is 5.53. The van der Waals surface area contributed by atoms with Gasteiger partial charge in [-0.1, -0.05) is 17.7 Å². The van der Waals surface area contributed by atoms with Gasteiger partial charge in [0.05, 0.1) is 18.5 Å². The largest absolute Gasteiger partial charge is 0.497 e. The lowest BCUT2D eigenvalue weighted by atomic mass is 10.2. The third kappa shape index (κ3) is 2.82. The molecule has 0 bridgehead atoms. The molecule has 0 aliphatic heterocycles. The van der Waals surface area contributed by atoms with Gasteiger partial charge in [0.1, 0.15) is 5.75 Å². The zero-order valence-electron chi connectivity index (χ0n) is 9.41. The van der Waals surface area contributed by atoms with E-state index in [9.17, 15) is 0 Å².